The molecule has 19 heavy (non-hydrogen) atoms. The summed E-state index contributed by atoms with van der Waals surface area (Å²) in [4.78, 5) is 11.8. The lowest BCUT2D eigenvalue weighted by molar-refractivity contribution is -0.121. The first-order chi connectivity index (χ1) is 8.88. The lowest BCUT2D eigenvalue weighted by Gasteiger charge is -2.24. The molecule has 0 aromatic heterocycles. The Morgan fingerprint density at radius 3 is 2.74 bits per heavy atom. The molecule has 0 aliphatic rings. The second-order valence-corrected chi connectivity index (χ2v) is 5.35. The van der Waals surface area contributed by atoms with Gasteiger partial charge in [-0.3, -0.25) is 4.79 Å². The predicted octanol–water partition coefficient (Wildman–Crippen LogP) is 2.93. The van der Waals surface area contributed by atoms with Gasteiger partial charge in [0.25, 0.3) is 0 Å². The molecule has 0 spiro atoms. The molecule has 102 valence electrons. The minimum absolute atomic E-state index is 0.106. The number of nitrogens with zero attached hydrogens (tertiary/aromatic N) is 1. The van der Waals surface area contributed by atoms with Gasteiger partial charge in [-0.25, -0.2) is 0 Å². The van der Waals surface area contributed by atoms with E-state index < -0.39 is 0 Å². The molecule has 2 N–H and O–H groups in total. The van der Waals surface area contributed by atoms with Gasteiger partial charge in [0.05, 0.1) is 28.9 Å². The first-order valence-corrected chi connectivity index (χ1v) is 6.50. The molecular weight excluding hydrogens is 262 g/mol. The summed E-state index contributed by atoms with van der Waals surface area (Å²) in [5, 5.41) is 15.2. The molecule has 0 heterocycles. The van der Waals surface area contributed by atoms with Gasteiger partial charge < -0.3 is 10.6 Å². The van der Waals surface area contributed by atoms with Crippen LogP contribution in [-0.2, 0) is 4.79 Å². The van der Waals surface area contributed by atoms with Crippen LogP contribution in [0.25, 0.3) is 0 Å². The highest BCUT2D eigenvalue weighted by Gasteiger charge is 2.17. The Hall–Kier alpha value is -1.73. The molecule has 5 heteroatoms. The number of amides is 1. The van der Waals surface area contributed by atoms with Crippen molar-refractivity contribution < 1.29 is 4.79 Å². The van der Waals surface area contributed by atoms with Crippen LogP contribution in [-0.4, -0.2) is 18.0 Å². The molecule has 4 nitrogen and oxygen atoms in total. The van der Waals surface area contributed by atoms with Crippen molar-refractivity contribution in [2.24, 2.45) is 0 Å². The molecule has 0 saturated heterocycles. The van der Waals surface area contributed by atoms with Crippen LogP contribution in [0.5, 0.6) is 0 Å². The van der Waals surface area contributed by atoms with Gasteiger partial charge in [-0.1, -0.05) is 18.5 Å². The van der Waals surface area contributed by atoms with E-state index in [0.29, 0.717) is 16.3 Å². The number of halogens is 1. The molecule has 1 rings (SSSR count). The molecule has 0 unspecified atom stereocenters. The Labute approximate surface area is 118 Å². The average Bonchev–Trinajstić information content (AvgIpc) is 2.37. The van der Waals surface area contributed by atoms with Crippen molar-refractivity contribution in [3.63, 3.8) is 0 Å². The number of carbonyl (C=O) groups is 1. The van der Waals surface area contributed by atoms with Crippen molar-refractivity contribution in [1.29, 1.82) is 5.26 Å². The molecule has 0 saturated carbocycles. The van der Waals surface area contributed by atoms with E-state index in [9.17, 15) is 4.79 Å². The van der Waals surface area contributed by atoms with Crippen LogP contribution < -0.4 is 10.6 Å². The maximum Gasteiger partial charge on any atom is 0.239 e. The van der Waals surface area contributed by atoms with Gasteiger partial charge in [0, 0.05) is 5.54 Å². The van der Waals surface area contributed by atoms with E-state index in [0.717, 1.165) is 6.42 Å². The van der Waals surface area contributed by atoms with Crippen LogP contribution in [0.15, 0.2) is 18.2 Å². The van der Waals surface area contributed by atoms with E-state index >= 15 is 0 Å². The van der Waals surface area contributed by atoms with E-state index in [1.54, 1.807) is 18.2 Å². The van der Waals surface area contributed by atoms with Crippen molar-refractivity contribution in [2.75, 3.05) is 11.9 Å². The van der Waals surface area contributed by atoms with Gasteiger partial charge in [-0.15, -0.1) is 0 Å². The van der Waals surface area contributed by atoms with Gasteiger partial charge in [-0.05, 0) is 38.5 Å². The Kier molecular flexibility index (Phi) is 5.20. The van der Waals surface area contributed by atoms with Crippen molar-refractivity contribution in [2.45, 2.75) is 32.7 Å². The summed E-state index contributed by atoms with van der Waals surface area (Å²) in [6.07, 6.45) is 0.851. The fraction of sp³-hybridized carbons (Fsp3) is 0.429. The maximum absolute atomic E-state index is 11.8. The highest BCUT2D eigenvalue weighted by molar-refractivity contribution is 6.33. The highest BCUT2D eigenvalue weighted by atomic mass is 35.5. The SMILES string of the molecule is CCC(C)(C)NC(=O)CNc1cc(C#N)ccc1Cl. The Morgan fingerprint density at radius 1 is 1.47 bits per heavy atom. The van der Waals surface area contributed by atoms with Gasteiger partial charge >= 0.3 is 0 Å². The monoisotopic (exact) mass is 279 g/mol. The summed E-state index contributed by atoms with van der Waals surface area (Å²) in [5.74, 6) is -0.106. The minimum atomic E-state index is -0.225. The quantitative estimate of drug-likeness (QED) is 0.871. The number of anilines is 1. The zero-order chi connectivity index (χ0) is 14.5. The van der Waals surface area contributed by atoms with Crippen molar-refractivity contribution in [1.82, 2.24) is 5.32 Å². The number of benzene rings is 1. The third-order valence-electron chi connectivity index (χ3n) is 2.90. The average molecular weight is 280 g/mol. The molecule has 0 aliphatic carbocycles. The highest BCUT2D eigenvalue weighted by Crippen LogP contribution is 2.22. The van der Waals surface area contributed by atoms with E-state index in [4.69, 9.17) is 16.9 Å². The summed E-state index contributed by atoms with van der Waals surface area (Å²) in [6, 6.07) is 6.92. The van der Waals surface area contributed by atoms with Crippen LogP contribution >= 0.6 is 11.6 Å². The number of rotatable bonds is 5. The van der Waals surface area contributed by atoms with Crippen LogP contribution in [0.2, 0.25) is 5.02 Å². The van der Waals surface area contributed by atoms with Crippen LogP contribution in [0, 0.1) is 11.3 Å². The summed E-state index contributed by atoms with van der Waals surface area (Å²) in [6.45, 7) is 6.07. The lowest BCUT2D eigenvalue weighted by Crippen LogP contribution is -2.45. The number of hydrogen-bond acceptors (Lipinski definition) is 3. The second kappa shape index (κ2) is 6.44. The fourth-order valence-corrected chi connectivity index (χ4v) is 1.60. The summed E-state index contributed by atoms with van der Waals surface area (Å²) in [7, 11) is 0. The zero-order valence-electron chi connectivity index (χ0n) is 11.4. The topological polar surface area (TPSA) is 64.9 Å². The second-order valence-electron chi connectivity index (χ2n) is 4.95. The molecule has 0 fully saturated rings. The number of hydrogen-bond donors (Lipinski definition) is 2. The van der Waals surface area contributed by atoms with Crippen molar-refractivity contribution in [3.8, 4) is 6.07 Å². The Morgan fingerprint density at radius 2 is 2.16 bits per heavy atom. The minimum Gasteiger partial charge on any atom is -0.375 e. The number of nitrogens with one attached hydrogen (secondary N) is 2. The third-order valence-corrected chi connectivity index (χ3v) is 3.23. The van der Waals surface area contributed by atoms with Gasteiger partial charge in [-0.2, -0.15) is 5.26 Å². The van der Waals surface area contributed by atoms with E-state index in [1.807, 2.05) is 26.8 Å². The predicted molar refractivity (Wildman–Crippen MR) is 77.2 cm³/mol. The Bertz CT molecular complexity index is 506. The zero-order valence-corrected chi connectivity index (χ0v) is 12.1. The van der Waals surface area contributed by atoms with Crippen LogP contribution in [0.3, 0.4) is 0 Å². The number of carbonyl (C=O) groups excluding carboxylic acids is 1. The van der Waals surface area contributed by atoms with Crippen molar-refractivity contribution in [3.05, 3.63) is 28.8 Å². The smallest absolute Gasteiger partial charge is 0.239 e. The molecule has 0 radical (unpaired) electrons. The third kappa shape index (κ3) is 4.80. The van der Waals surface area contributed by atoms with Gasteiger partial charge in [0.15, 0.2) is 0 Å². The van der Waals surface area contributed by atoms with Crippen LogP contribution in [0.1, 0.15) is 32.8 Å². The Balaban J connectivity index is 2.63. The standard InChI is InChI=1S/C14H18ClN3O/c1-4-14(2,3)18-13(19)9-17-12-7-10(8-16)5-6-11(12)15/h5-7,17H,4,9H2,1-3H3,(H,18,19). The maximum atomic E-state index is 11.8. The van der Waals surface area contributed by atoms with E-state index in [-0.39, 0.29) is 18.0 Å². The summed E-state index contributed by atoms with van der Waals surface area (Å²) >= 11 is 5.99. The summed E-state index contributed by atoms with van der Waals surface area (Å²) < 4.78 is 0. The summed E-state index contributed by atoms with van der Waals surface area (Å²) in [5.41, 5.74) is 0.864. The largest absolute Gasteiger partial charge is 0.375 e. The van der Waals surface area contributed by atoms with Crippen molar-refractivity contribution >= 4 is 23.2 Å². The van der Waals surface area contributed by atoms with Gasteiger partial charge in [0.1, 0.15) is 0 Å². The van der Waals surface area contributed by atoms with E-state index in [1.165, 1.54) is 0 Å². The molecule has 0 aliphatic heterocycles. The number of nitriles is 1. The molecular formula is C14H18ClN3O. The molecule has 1 amide bonds. The van der Waals surface area contributed by atoms with E-state index in [2.05, 4.69) is 10.6 Å². The molecule has 1 aromatic carbocycles. The first-order valence-electron chi connectivity index (χ1n) is 6.12. The molecule has 0 atom stereocenters. The lowest BCUT2D eigenvalue weighted by atomic mass is 10.0. The fourth-order valence-electron chi connectivity index (χ4n) is 1.42. The molecule has 1 aromatic rings. The van der Waals surface area contributed by atoms with Gasteiger partial charge in [0.2, 0.25) is 5.91 Å². The molecule has 0 bridgehead atoms. The van der Waals surface area contributed by atoms with Crippen LogP contribution in [0.4, 0.5) is 5.69 Å². The first kappa shape index (κ1) is 15.3. The normalized spacial score (nSPS) is 10.7.